The lowest BCUT2D eigenvalue weighted by Gasteiger charge is -2.26. The molecular formula is C60H54. The molecule has 0 aliphatic heterocycles. The zero-order valence-corrected chi connectivity index (χ0v) is 37.0. The summed E-state index contributed by atoms with van der Waals surface area (Å²) in [5.41, 5.74) is 28.0. The molecule has 0 saturated carbocycles. The number of benzene rings is 8. The molecule has 0 unspecified atom stereocenters. The minimum absolute atomic E-state index is 0.0951. The predicted octanol–water partition coefficient (Wildman–Crippen LogP) is 16.3. The van der Waals surface area contributed by atoms with Gasteiger partial charge in [0.05, 0.1) is 0 Å². The van der Waals surface area contributed by atoms with Crippen LogP contribution in [-0.2, 0) is 34.5 Å². The number of rotatable bonds is 2. The molecule has 0 bridgehead atoms. The SMILES string of the molecule is CC(C)(C)c1ccc2c(c1)C(C)(C)c1cc(-c3c4c(c(-c5ccc6c(c5)C(C)(C)c5cc(C(C)(C)C)ccc5-6)c5ccccc35)-c3ccc5c6c(ccc-4c36)CC5)ccc1-2. The average Bonchev–Trinajstić information content (AvgIpc) is 3.91. The second kappa shape index (κ2) is 11.6. The zero-order valence-electron chi connectivity index (χ0n) is 37.0. The number of hydrogen-bond acceptors (Lipinski definition) is 0. The molecule has 0 radical (unpaired) electrons. The van der Waals surface area contributed by atoms with Gasteiger partial charge in [-0.1, -0.05) is 178 Å². The Morgan fingerprint density at radius 3 is 1.13 bits per heavy atom. The van der Waals surface area contributed by atoms with E-state index >= 15 is 0 Å². The molecule has 0 amide bonds. The molecule has 0 fully saturated rings. The summed E-state index contributed by atoms with van der Waals surface area (Å²) < 4.78 is 0. The monoisotopic (exact) mass is 774 g/mol. The molecule has 0 spiro atoms. The zero-order chi connectivity index (χ0) is 41.4. The lowest BCUT2D eigenvalue weighted by molar-refractivity contribution is 0.584. The maximum absolute atomic E-state index is 2.56. The van der Waals surface area contributed by atoms with Gasteiger partial charge in [0, 0.05) is 10.8 Å². The summed E-state index contributed by atoms with van der Waals surface area (Å²) in [6.07, 6.45) is 2.25. The van der Waals surface area contributed by atoms with E-state index in [1.54, 1.807) is 0 Å². The Hall–Kier alpha value is -5.72. The summed E-state index contributed by atoms with van der Waals surface area (Å²) in [6.45, 7) is 23.7. The third-order valence-corrected chi connectivity index (χ3v) is 15.4. The maximum atomic E-state index is 2.56. The van der Waals surface area contributed by atoms with Crippen LogP contribution in [0.4, 0.5) is 0 Å². The first-order valence-corrected chi connectivity index (χ1v) is 22.3. The standard InChI is InChI=1S/C60H54/c1-57(2,3)37-21-27-41-39-23-19-35(29-47(39)59(7,8)49(41)31-37)52-43-13-11-12-14-44(43)53(56-46-26-18-34-16-15-33-17-25-45(55(52)56)54(46)51(33)34)36-20-24-40-42-28-22-38(58(4,5)6)32-50(42)60(9,10)48(40)30-36/h11-14,17-32H,15-16H2,1-10H3. The van der Waals surface area contributed by atoms with Gasteiger partial charge in [0.25, 0.3) is 0 Å². The van der Waals surface area contributed by atoms with E-state index in [1.165, 1.54) is 133 Å². The summed E-state index contributed by atoms with van der Waals surface area (Å²) in [5.74, 6) is 0. The van der Waals surface area contributed by atoms with Crippen LogP contribution < -0.4 is 0 Å². The summed E-state index contributed by atoms with van der Waals surface area (Å²) in [6, 6.07) is 48.5. The van der Waals surface area contributed by atoms with Crippen molar-refractivity contribution in [3.05, 3.63) is 166 Å². The third kappa shape index (κ3) is 4.63. The fourth-order valence-corrected chi connectivity index (χ4v) is 12.0. The fourth-order valence-electron chi connectivity index (χ4n) is 12.0. The molecule has 0 saturated heterocycles. The molecule has 0 nitrogen and oxygen atoms in total. The number of hydrogen-bond donors (Lipinski definition) is 0. The van der Waals surface area contributed by atoms with Crippen molar-refractivity contribution in [2.24, 2.45) is 0 Å². The topological polar surface area (TPSA) is 0 Å². The fraction of sp³-hybridized carbons (Fsp3) is 0.267. The maximum Gasteiger partial charge on any atom is 0.0159 e. The van der Waals surface area contributed by atoms with Crippen molar-refractivity contribution in [1.82, 2.24) is 0 Å². The first-order chi connectivity index (χ1) is 28.5. The molecule has 60 heavy (non-hydrogen) atoms. The van der Waals surface area contributed by atoms with Gasteiger partial charge in [-0.25, -0.2) is 0 Å². The van der Waals surface area contributed by atoms with Gasteiger partial charge in [-0.15, -0.1) is 0 Å². The Kier molecular flexibility index (Phi) is 6.96. The molecule has 4 aliphatic carbocycles. The molecule has 294 valence electrons. The molecule has 8 aromatic rings. The van der Waals surface area contributed by atoms with Crippen LogP contribution in [0, 0.1) is 0 Å². The van der Waals surface area contributed by atoms with E-state index in [1.807, 2.05) is 0 Å². The van der Waals surface area contributed by atoms with E-state index in [9.17, 15) is 0 Å². The van der Waals surface area contributed by atoms with Crippen LogP contribution in [0.5, 0.6) is 0 Å². The Labute approximate surface area is 356 Å². The highest BCUT2D eigenvalue weighted by molar-refractivity contribution is 6.28. The summed E-state index contributed by atoms with van der Waals surface area (Å²) in [7, 11) is 0. The largest absolute Gasteiger partial charge is 0.0616 e. The molecule has 8 aromatic carbocycles. The quantitative estimate of drug-likeness (QED) is 0.164. The summed E-state index contributed by atoms with van der Waals surface area (Å²) in [4.78, 5) is 0. The highest BCUT2D eigenvalue weighted by Gasteiger charge is 2.40. The van der Waals surface area contributed by atoms with Gasteiger partial charge in [-0.3, -0.25) is 0 Å². The Morgan fingerprint density at radius 2 is 0.733 bits per heavy atom. The average molecular weight is 775 g/mol. The van der Waals surface area contributed by atoms with Crippen molar-refractivity contribution in [2.45, 2.75) is 104 Å². The minimum Gasteiger partial charge on any atom is -0.0616 e. The van der Waals surface area contributed by atoms with E-state index in [0.29, 0.717) is 0 Å². The van der Waals surface area contributed by atoms with Crippen LogP contribution in [0.25, 0.3) is 88.3 Å². The van der Waals surface area contributed by atoms with Gasteiger partial charge in [0.15, 0.2) is 0 Å². The number of fused-ring (bicyclic) bond motifs is 10. The highest BCUT2D eigenvalue weighted by Crippen LogP contribution is 2.61. The normalized spacial score (nSPS) is 16.0. The molecule has 4 aliphatic rings. The van der Waals surface area contributed by atoms with E-state index in [4.69, 9.17) is 0 Å². The first kappa shape index (κ1) is 36.2. The molecule has 0 heteroatoms. The Bertz CT molecular complexity index is 3040. The second-order valence-electron chi connectivity index (χ2n) is 21.6. The minimum atomic E-state index is -0.116. The van der Waals surface area contributed by atoms with Gasteiger partial charge in [-0.05, 0) is 169 Å². The van der Waals surface area contributed by atoms with Crippen molar-refractivity contribution in [3.8, 4) is 66.8 Å². The van der Waals surface area contributed by atoms with Crippen LogP contribution in [0.15, 0.2) is 121 Å². The highest BCUT2D eigenvalue weighted by atomic mass is 14.4. The summed E-state index contributed by atoms with van der Waals surface area (Å²) in [5, 5.41) is 5.62. The van der Waals surface area contributed by atoms with E-state index in [2.05, 4.69) is 191 Å². The van der Waals surface area contributed by atoms with Crippen LogP contribution in [0.2, 0.25) is 0 Å². The van der Waals surface area contributed by atoms with Gasteiger partial charge >= 0.3 is 0 Å². The van der Waals surface area contributed by atoms with Crippen LogP contribution in [-0.4, -0.2) is 0 Å². The van der Waals surface area contributed by atoms with Gasteiger partial charge in [0.2, 0.25) is 0 Å². The van der Waals surface area contributed by atoms with E-state index < -0.39 is 0 Å². The predicted molar refractivity (Wildman–Crippen MR) is 257 cm³/mol. The van der Waals surface area contributed by atoms with Crippen molar-refractivity contribution in [3.63, 3.8) is 0 Å². The molecule has 0 atom stereocenters. The van der Waals surface area contributed by atoms with Crippen LogP contribution in [0.3, 0.4) is 0 Å². The van der Waals surface area contributed by atoms with E-state index in [-0.39, 0.29) is 21.7 Å². The van der Waals surface area contributed by atoms with Crippen LogP contribution in [0.1, 0.15) is 114 Å². The van der Waals surface area contributed by atoms with Gasteiger partial charge in [-0.2, -0.15) is 0 Å². The van der Waals surface area contributed by atoms with Gasteiger partial charge in [0.1, 0.15) is 0 Å². The van der Waals surface area contributed by atoms with Crippen LogP contribution >= 0.6 is 0 Å². The molecule has 12 rings (SSSR count). The van der Waals surface area contributed by atoms with Crippen molar-refractivity contribution in [1.29, 1.82) is 0 Å². The van der Waals surface area contributed by atoms with Crippen molar-refractivity contribution >= 4 is 21.5 Å². The Balaban J connectivity index is 1.13. The molecule has 0 heterocycles. The second-order valence-corrected chi connectivity index (χ2v) is 21.6. The van der Waals surface area contributed by atoms with Crippen molar-refractivity contribution in [2.75, 3.05) is 0 Å². The smallest absolute Gasteiger partial charge is 0.0159 e. The first-order valence-electron chi connectivity index (χ1n) is 22.3. The van der Waals surface area contributed by atoms with Crippen molar-refractivity contribution < 1.29 is 0 Å². The summed E-state index contributed by atoms with van der Waals surface area (Å²) >= 11 is 0. The molecule has 0 aromatic heterocycles. The molecule has 0 N–H and O–H groups in total. The molecular weight excluding hydrogens is 721 g/mol. The van der Waals surface area contributed by atoms with Gasteiger partial charge < -0.3 is 0 Å². The number of aryl methyl sites for hydroxylation is 2. The third-order valence-electron chi connectivity index (χ3n) is 15.4. The lowest BCUT2D eigenvalue weighted by Crippen LogP contribution is -2.17. The Morgan fingerprint density at radius 1 is 0.367 bits per heavy atom. The lowest BCUT2D eigenvalue weighted by atomic mass is 9.77. The van der Waals surface area contributed by atoms with E-state index in [0.717, 1.165) is 12.8 Å².